The van der Waals surface area contributed by atoms with Gasteiger partial charge in [0, 0.05) is 0 Å². The largest absolute Gasteiger partial charge is 0.497 e. The van der Waals surface area contributed by atoms with Crippen molar-refractivity contribution in [3.63, 3.8) is 0 Å². The van der Waals surface area contributed by atoms with E-state index in [4.69, 9.17) is 4.74 Å². The summed E-state index contributed by atoms with van der Waals surface area (Å²) in [6.45, 7) is 1.56. The fraction of sp³-hybridized carbons (Fsp3) is 0.417. The topological polar surface area (TPSA) is 119 Å². The van der Waals surface area contributed by atoms with E-state index in [1.54, 1.807) is 0 Å². The number of benzene rings is 1. The first kappa shape index (κ1) is 15.9. The van der Waals surface area contributed by atoms with E-state index >= 15 is 0 Å². The molecule has 0 fully saturated rings. The van der Waals surface area contributed by atoms with E-state index in [1.165, 1.54) is 26.2 Å². The third-order valence-electron chi connectivity index (χ3n) is 2.58. The first-order valence-corrected chi connectivity index (χ1v) is 5.77. The second-order valence-corrected chi connectivity index (χ2v) is 3.82. The minimum Gasteiger partial charge on any atom is -0.497 e. The molecule has 2 atom stereocenters. The van der Waals surface area contributed by atoms with Crippen molar-refractivity contribution >= 4 is 11.7 Å². The number of nitrogens with zero attached hydrogens (tertiary/aromatic N) is 1. The summed E-state index contributed by atoms with van der Waals surface area (Å²) >= 11 is 0. The lowest BCUT2D eigenvalue weighted by Gasteiger charge is -2.17. The van der Waals surface area contributed by atoms with Gasteiger partial charge in [-0.15, -0.1) is 0 Å². The van der Waals surface area contributed by atoms with Gasteiger partial charge >= 0.3 is 5.97 Å². The van der Waals surface area contributed by atoms with Crippen LogP contribution in [-0.2, 0) is 9.53 Å². The third-order valence-corrected chi connectivity index (χ3v) is 2.58. The molecule has 2 N–H and O–H groups in total. The minimum absolute atomic E-state index is 0.0211. The average Bonchev–Trinajstić information content (AvgIpc) is 2.45. The molecular formula is C12H15NO7. The SMILES string of the molecule is CCOC(=O)C(O)C(O)c1ccc(OC)cc1[N+](=O)[O-]. The summed E-state index contributed by atoms with van der Waals surface area (Å²) in [5, 5.41) is 30.5. The van der Waals surface area contributed by atoms with Crippen molar-refractivity contribution in [3.8, 4) is 5.75 Å². The number of rotatable bonds is 6. The number of aliphatic hydroxyl groups excluding tert-OH is 2. The van der Waals surface area contributed by atoms with Gasteiger partial charge in [0.25, 0.3) is 5.69 Å². The summed E-state index contributed by atoms with van der Waals surface area (Å²) < 4.78 is 9.39. The Labute approximate surface area is 114 Å². The van der Waals surface area contributed by atoms with Crippen molar-refractivity contribution in [3.05, 3.63) is 33.9 Å². The first-order chi connectivity index (χ1) is 9.42. The highest BCUT2D eigenvalue weighted by Crippen LogP contribution is 2.31. The van der Waals surface area contributed by atoms with Crippen molar-refractivity contribution < 1.29 is 29.4 Å². The van der Waals surface area contributed by atoms with Crippen LogP contribution in [0.2, 0.25) is 0 Å². The summed E-state index contributed by atoms with van der Waals surface area (Å²) in [6, 6.07) is 3.68. The lowest BCUT2D eigenvalue weighted by Crippen LogP contribution is -2.30. The van der Waals surface area contributed by atoms with E-state index in [9.17, 15) is 25.1 Å². The normalized spacial score (nSPS) is 13.4. The van der Waals surface area contributed by atoms with Gasteiger partial charge in [0.15, 0.2) is 6.10 Å². The van der Waals surface area contributed by atoms with Crippen LogP contribution >= 0.6 is 0 Å². The second-order valence-electron chi connectivity index (χ2n) is 3.82. The highest BCUT2D eigenvalue weighted by atomic mass is 16.6. The Morgan fingerprint density at radius 2 is 2.10 bits per heavy atom. The number of carbonyl (C=O) groups is 1. The molecule has 0 aliphatic heterocycles. The van der Waals surface area contributed by atoms with Crippen molar-refractivity contribution in [2.45, 2.75) is 19.1 Å². The van der Waals surface area contributed by atoms with Gasteiger partial charge in [-0.25, -0.2) is 4.79 Å². The molecule has 1 aromatic rings. The molecule has 0 radical (unpaired) electrons. The molecule has 0 bridgehead atoms. The number of nitro benzene ring substituents is 1. The van der Waals surface area contributed by atoms with Gasteiger partial charge in [0.05, 0.1) is 30.3 Å². The minimum atomic E-state index is -1.90. The maximum absolute atomic E-state index is 11.3. The van der Waals surface area contributed by atoms with E-state index < -0.39 is 28.8 Å². The predicted molar refractivity (Wildman–Crippen MR) is 67.2 cm³/mol. The van der Waals surface area contributed by atoms with Crippen LogP contribution < -0.4 is 4.74 Å². The van der Waals surface area contributed by atoms with Gasteiger partial charge < -0.3 is 19.7 Å². The molecule has 0 saturated heterocycles. The zero-order chi connectivity index (χ0) is 15.3. The summed E-state index contributed by atoms with van der Waals surface area (Å²) in [5.74, 6) is -0.830. The number of hydrogen-bond acceptors (Lipinski definition) is 7. The lowest BCUT2D eigenvalue weighted by atomic mass is 10.0. The van der Waals surface area contributed by atoms with Gasteiger partial charge in [-0.3, -0.25) is 10.1 Å². The molecule has 2 unspecified atom stereocenters. The Morgan fingerprint density at radius 1 is 1.45 bits per heavy atom. The molecule has 110 valence electrons. The van der Waals surface area contributed by atoms with Gasteiger partial charge in [-0.05, 0) is 19.1 Å². The molecule has 0 heterocycles. The van der Waals surface area contributed by atoms with Crippen molar-refractivity contribution in [2.24, 2.45) is 0 Å². The second kappa shape index (κ2) is 6.83. The van der Waals surface area contributed by atoms with Gasteiger partial charge in [-0.1, -0.05) is 0 Å². The average molecular weight is 285 g/mol. The zero-order valence-electron chi connectivity index (χ0n) is 11.0. The van der Waals surface area contributed by atoms with E-state index in [-0.39, 0.29) is 17.9 Å². The first-order valence-electron chi connectivity index (χ1n) is 5.77. The number of carbonyl (C=O) groups excluding carboxylic acids is 1. The highest BCUT2D eigenvalue weighted by molar-refractivity contribution is 5.75. The molecule has 0 spiro atoms. The number of ether oxygens (including phenoxy) is 2. The summed E-state index contributed by atoms with van der Waals surface area (Å²) in [4.78, 5) is 21.6. The maximum atomic E-state index is 11.3. The Kier molecular flexibility index (Phi) is 5.42. The highest BCUT2D eigenvalue weighted by Gasteiger charge is 2.32. The van der Waals surface area contributed by atoms with Crippen LogP contribution in [0.1, 0.15) is 18.6 Å². The number of hydrogen-bond donors (Lipinski definition) is 2. The fourth-order valence-corrected chi connectivity index (χ4v) is 1.59. The molecule has 1 aromatic carbocycles. The van der Waals surface area contributed by atoms with E-state index in [1.807, 2.05) is 0 Å². The van der Waals surface area contributed by atoms with Crippen LogP contribution in [0.3, 0.4) is 0 Å². The van der Waals surface area contributed by atoms with Crippen molar-refractivity contribution in [1.82, 2.24) is 0 Å². The monoisotopic (exact) mass is 285 g/mol. The molecule has 0 aliphatic carbocycles. The van der Waals surface area contributed by atoms with Crippen LogP contribution in [0.25, 0.3) is 0 Å². The number of aliphatic hydroxyl groups is 2. The van der Waals surface area contributed by atoms with E-state index in [0.29, 0.717) is 0 Å². The number of methoxy groups -OCH3 is 1. The Morgan fingerprint density at radius 3 is 2.60 bits per heavy atom. The molecule has 8 heteroatoms. The van der Waals surface area contributed by atoms with Gasteiger partial charge in [-0.2, -0.15) is 0 Å². The summed E-state index contributed by atoms with van der Waals surface area (Å²) in [6.07, 6.45) is -3.66. The van der Waals surface area contributed by atoms with Crippen molar-refractivity contribution in [2.75, 3.05) is 13.7 Å². The maximum Gasteiger partial charge on any atom is 0.338 e. The van der Waals surface area contributed by atoms with Crippen LogP contribution in [0.5, 0.6) is 5.75 Å². The molecular weight excluding hydrogens is 270 g/mol. The molecule has 0 aromatic heterocycles. The van der Waals surface area contributed by atoms with Crippen LogP contribution in [0.4, 0.5) is 5.69 Å². The van der Waals surface area contributed by atoms with Crippen LogP contribution in [-0.4, -0.2) is 40.9 Å². The molecule has 0 amide bonds. The summed E-state index contributed by atoms with van der Waals surface area (Å²) in [5.41, 5.74) is -0.656. The van der Waals surface area contributed by atoms with Gasteiger partial charge in [0.1, 0.15) is 11.9 Å². The smallest absolute Gasteiger partial charge is 0.338 e. The molecule has 8 nitrogen and oxygen atoms in total. The number of nitro groups is 1. The van der Waals surface area contributed by atoms with E-state index in [2.05, 4.69) is 4.74 Å². The third kappa shape index (κ3) is 3.43. The predicted octanol–water partition coefficient (Wildman–Crippen LogP) is 0.561. The zero-order valence-corrected chi connectivity index (χ0v) is 11.0. The molecule has 1 rings (SSSR count). The quantitative estimate of drug-likeness (QED) is 0.445. The molecule has 0 saturated carbocycles. The summed E-state index contributed by atoms with van der Waals surface area (Å²) in [7, 11) is 1.34. The fourth-order valence-electron chi connectivity index (χ4n) is 1.59. The van der Waals surface area contributed by atoms with E-state index in [0.717, 1.165) is 6.07 Å². The molecule has 0 aliphatic rings. The molecule has 20 heavy (non-hydrogen) atoms. The van der Waals surface area contributed by atoms with Crippen LogP contribution in [0, 0.1) is 10.1 Å². The van der Waals surface area contributed by atoms with Gasteiger partial charge in [0.2, 0.25) is 0 Å². The standard InChI is InChI=1S/C12H15NO7/c1-3-20-12(16)11(15)10(14)8-5-4-7(19-2)6-9(8)13(17)18/h4-6,10-11,14-15H,3H2,1-2H3. The van der Waals surface area contributed by atoms with Crippen LogP contribution in [0.15, 0.2) is 18.2 Å². The Hall–Kier alpha value is -2.19. The number of esters is 1. The Balaban J connectivity index is 3.11. The van der Waals surface area contributed by atoms with Crippen molar-refractivity contribution in [1.29, 1.82) is 0 Å². The lowest BCUT2D eigenvalue weighted by molar-refractivity contribution is -0.386. The Bertz CT molecular complexity index is 503.